The van der Waals surface area contributed by atoms with E-state index in [1.54, 1.807) is 10.6 Å². The average molecular weight is 300 g/mol. The van der Waals surface area contributed by atoms with Crippen LogP contribution in [0.25, 0.3) is 11.6 Å². The van der Waals surface area contributed by atoms with Crippen molar-refractivity contribution in [3.8, 4) is 5.88 Å². The van der Waals surface area contributed by atoms with Crippen LogP contribution in [0.5, 0.6) is 5.88 Å². The number of para-hydroxylation sites is 1. The van der Waals surface area contributed by atoms with E-state index in [1.807, 2.05) is 36.6 Å². The summed E-state index contributed by atoms with van der Waals surface area (Å²) in [7, 11) is 0. The van der Waals surface area contributed by atoms with Crippen molar-refractivity contribution in [2.45, 2.75) is 6.54 Å². The first kappa shape index (κ1) is 13.0. The van der Waals surface area contributed by atoms with Crippen molar-refractivity contribution in [2.24, 2.45) is 4.99 Å². The van der Waals surface area contributed by atoms with Gasteiger partial charge in [-0.1, -0.05) is 24.3 Å². The summed E-state index contributed by atoms with van der Waals surface area (Å²) >= 11 is 6.64. The van der Waals surface area contributed by atoms with Crippen molar-refractivity contribution in [3.63, 3.8) is 0 Å². The number of thiazole rings is 1. The Hall–Kier alpha value is -1.98. The zero-order valence-electron chi connectivity index (χ0n) is 10.6. The molecular weight excluding hydrogens is 288 g/mol. The van der Waals surface area contributed by atoms with Gasteiger partial charge in [-0.3, -0.25) is 9.56 Å². The monoisotopic (exact) mass is 300 g/mol. The van der Waals surface area contributed by atoms with Crippen LogP contribution in [-0.2, 0) is 6.54 Å². The summed E-state index contributed by atoms with van der Waals surface area (Å²) in [4.78, 5) is 5.10. The molecule has 0 spiro atoms. The molecular formula is C15H12N2OS2. The highest BCUT2D eigenvalue weighted by molar-refractivity contribution is 7.73. The highest BCUT2D eigenvalue weighted by Crippen LogP contribution is 2.35. The van der Waals surface area contributed by atoms with Gasteiger partial charge in [0, 0.05) is 23.9 Å². The molecule has 1 N–H and O–H groups in total. The van der Waals surface area contributed by atoms with E-state index in [4.69, 9.17) is 12.2 Å². The molecule has 1 aliphatic rings. The normalized spacial score (nSPS) is 14.7. The molecule has 0 fully saturated rings. The van der Waals surface area contributed by atoms with Gasteiger partial charge in [-0.05, 0) is 24.4 Å². The fourth-order valence-electron chi connectivity index (χ4n) is 2.09. The molecule has 1 aliphatic heterocycles. The number of nitrogens with zero attached hydrogens (tertiary/aromatic N) is 2. The molecule has 0 radical (unpaired) electrons. The Morgan fingerprint density at radius 1 is 1.40 bits per heavy atom. The molecule has 0 atom stereocenters. The van der Waals surface area contributed by atoms with E-state index in [-0.39, 0.29) is 5.88 Å². The Morgan fingerprint density at radius 3 is 3.00 bits per heavy atom. The zero-order valence-corrected chi connectivity index (χ0v) is 12.2. The molecule has 0 saturated heterocycles. The Kier molecular flexibility index (Phi) is 3.38. The Balaban J connectivity index is 2.07. The van der Waals surface area contributed by atoms with E-state index in [9.17, 15) is 5.11 Å². The number of allylic oxidation sites excluding steroid dienone is 2. The number of aliphatic imine (C=N–C) groups is 1. The van der Waals surface area contributed by atoms with Crippen molar-refractivity contribution in [1.29, 1.82) is 0 Å². The topological polar surface area (TPSA) is 37.5 Å². The fraction of sp³-hybridized carbons (Fsp3) is 0.0667. The molecule has 2 aromatic rings. The minimum atomic E-state index is 0.185. The lowest BCUT2D eigenvalue weighted by molar-refractivity contribution is 0.424. The van der Waals surface area contributed by atoms with Crippen LogP contribution < -0.4 is 0 Å². The molecule has 1 aromatic carbocycles. The third-order valence-electron chi connectivity index (χ3n) is 3.05. The quantitative estimate of drug-likeness (QED) is 0.672. The van der Waals surface area contributed by atoms with Crippen LogP contribution in [0.1, 0.15) is 10.4 Å². The molecule has 0 aliphatic carbocycles. The van der Waals surface area contributed by atoms with Gasteiger partial charge in [0.1, 0.15) is 0 Å². The average Bonchev–Trinajstić information content (AvgIpc) is 2.97. The molecule has 0 amide bonds. The first-order valence-electron chi connectivity index (χ1n) is 6.09. The number of hydrogen-bond acceptors (Lipinski definition) is 4. The third-order valence-corrected chi connectivity index (χ3v) is 4.44. The maximum atomic E-state index is 10.2. The van der Waals surface area contributed by atoms with Crippen molar-refractivity contribution >= 4 is 47.1 Å². The molecule has 0 unspecified atom stereocenters. The summed E-state index contributed by atoms with van der Waals surface area (Å²) in [5, 5.41) is 10.2. The van der Waals surface area contributed by atoms with Gasteiger partial charge in [0.05, 0.1) is 10.6 Å². The van der Waals surface area contributed by atoms with Crippen molar-refractivity contribution in [2.75, 3.05) is 0 Å². The van der Waals surface area contributed by atoms with E-state index in [2.05, 4.69) is 11.6 Å². The van der Waals surface area contributed by atoms with E-state index in [0.29, 0.717) is 10.5 Å². The number of aromatic nitrogens is 1. The first-order valence-corrected chi connectivity index (χ1v) is 7.32. The molecule has 0 saturated carbocycles. The van der Waals surface area contributed by atoms with Crippen LogP contribution in [0.15, 0.2) is 41.9 Å². The second-order valence-corrected chi connectivity index (χ2v) is 6.01. The molecule has 2 heterocycles. The van der Waals surface area contributed by atoms with Crippen LogP contribution in [-0.4, -0.2) is 15.9 Å². The highest BCUT2D eigenvalue weighted by atomic mass is 32.1. The summed E-state index contributed by atoms with van der Waals surface area (Å²) in [6.45, 7) is 4.18. The molecule has 3 rings (SSSR count). The summed E-state index contributed by atoms with van der Waals surface area (Å²) in [6, 6.07) is 7.93. The first-order chi connectivity index (χ1) is 9.70. The van der Waals surface area contributed by atoms with Crippen LogP contribution in [0.2, 0.25) is 0 Å². The van der Waals surface area contributed by atoms with Crippen LogP contribution >= 0.6 is 23.6 Å². The molecule has 3 nitrogen and oxygen atoms in total. The van der Waals surface area contributed by atoms with Gasteiger partial charge in [0.15, 0.2) is 3.95 Å². The number of aromatic hydroxyl groups is 1. The van der Waals surface area contributed by atoms with Gasteiger partial charge < -0.3 is 5.11 Å². The summed E-state index contributed by atoms with van der Waals surface area (Å²) in [6.07, 6.45) is 5.45. The minimum absolute atomic E-state index is 0.185. The molecule has 1 aromatic heterocycles. The predicted octanol–water partition coefficient (Wildman–Crippen LogP) is 4.43. The standard InChI is InChI=1S/C15H12N2OS2/c1-2-7-17-14(18)13(20-15(17)19)8-10-9-16-12-6-4-3-5-11(10)12/h2-6,8-9,18H,1,7H2. The second-order valence-electron chi connectivity index (χ2n) is 4.33. The SMILES string of the molecule is C=CCn1c(O)c(C=C2C=Nc3ccccc32)sc1=S. The van der Waals surface area contributed by atoms with Crippen molar-refractivity contribution < 1.29 is 5.11 Å². The van der Waals surface area contributed by atoms with Gasteiger partial charge in [-0.2, -0.15) is 0 Å². The van der Waals surface area contributed by atoms with Crippen LogP contribution in [0, 0.1) is 3.95 Å². The lowest BCUT2D eigenvalue weighted by Gasteiger charge is -2.00. The molecule has 5 heteroatoms. The van der Waals surface area contributed by atoms with Crippen LogP contribution in [0.3, 0.4) is 0 Å². The Bertz CT molecular complexity index is 796. The van der Waals surface area contributed by atoms with Crippen LogP contribution in [0.4, 0.5) is 5.69 Å². The smallest absolute Gasteiger partial charge is 0.210 e. The third kappa shape index (κ3) is 2.15. The maximum absolute atomic E-state index is 10.2. The largest absolute Gasteiger partial charge is 0.493 e. The maximum Gasteiger partial charge on any atom is 0.210 e. The lowest BCUT2D eigenvalue weighted by Crippen LogP contribution is -1.93. The van der Waals surface area contributed by atoms with E-state index in [0.717, 1.165) is 21.7 Å². The van der Waals surface area contributed by atoms with Gasteiger partial charge in [-0.15, -0.1) is 17.9 Å². The van der Waals surface area contributed by atoms with E-state index in [1.165, 1.54) is 11.3 Å². The summed E-state index contributed by atoms with van der Waals surface area (Å²) in [5.74, 6) is 0.185. The summed E-state index contributed by atoms with van der Waals surface area (Å²) < 4.78 is 2.30. The lowest BCUT2D eigenvalue weighted by atomic mass is 10.1. The fourth-order valence-corrected chi connectivity index (χ4v) is 3.37. The molecule has 100 valence electrons. The van der Waals surface area contributed by atoms with E-state index >= 15 is 0 Å². The summed E-state index contributed by atoms with van der Waals surface area (Å²) in [5.41, 5.74) is 3.01. The van der Waals surface area contributed by atoms with Crippen molar-refractivity contribution in [1.82, 2.24) is 4.57 Å². The number of benzene rings is 1. The Labute approximate surface area is 125 Å². The second kappa shape index (κ2) is 5.19. The number of hydrogen-bond donors (Lipinski definition) is 1. The predicted molar refractivity (Wildman–Crippen MR) is 87.5 cm³/mol. The number of fused-ring (bicyclic) bond motifs is 1. The zero-order chi connectivity index (χ0) is 14.1. The van der Waals surface area contributed by atoms with E-state index < -0.39 is 0 Å². The molecule has 0 bridgehead atoms. The number of rotatable bonds is 3. The minimum Gasteiger partial charge on any atom is -0.493 e. The van der Waals surface area contributed by atoms with Gasteiger partial charge in [0.2, 0.25) is 5.88 Å². The Morgan fingerprint density at radius 2 is 2.20 bits per heavy atom. The highest BCUT2D eigenvalue weighted by Gasteiger charge is 2.14. The molecule has 20 heavy (non-hydrogen) atoms. The van der Waals surface area contributed by atoms with Gasteiger partial charge in [-0.25, -0.2) is 0 Å². The van der Waals surface area contributed by atoms with Crippen molar-refractivity contribution in [3.05, 3.63) is 51.3 Å². The van der Waals surface area contributed by atoms with Gasteiger partial charge in [0.25, 0.3) is 0 Å². The van der Waals surface area contributed by atoms with Gasteiger partial charge >= 0.3 is 0 Å².